The zero-order valence-corrected chi connectivity index (χ0v) is 13.3. The molecular weight excluding hydrogens is 308 g/mol. The van der Waals surface area contributed by atoms with E-state index in [9.17, 15) is 9.59 Å². The van der Waals surface area contributed by atoms with E-state index in [-0.39, 0.29) is 13.0 Å². The number of ether oxygens (including phenoxy) is 2. The number of esters is 1. The van der Waals surface area contributed by atoms with Gasteiger partial charge in [-0.1, -0.05) is 24.4 Å². The van der Waals surface area contributed by atoms with Crippen LogP contribution in [0.15, 0.2) is 24.3 Å². The Morgan fingerprint density at radius 1 is 1.18 bits per heavy atom. The number of hydrogen-bond acceptors (Lipinski definition) is 4. The summed E-state index contributed by atoms with van der Waals surface area (Å²) in [7, 11) is 0. The third-order valence-electron chi connectivity index (χ3n) is 3.09. The number of rotatable bonds is 10. The number of carbonyl (C=O) groups is 2. The van der Waals surface area contributed by atoms with Gasteiger partial charge in [0.25, 0.3) is 0 Å². The van der Waals surface area contributed by atoms with Crippen molar-refractivity contribution in [2.45, 2.75) is 32.6 Å². The first-order valence-electron chi connectivity index (χ1n) is 7.32. The van der Waals surface area contributed by atoms with Crippen LogP contribution >= 0.6 is 11.6 Å². The summed E-state index contributed by atoms with van der Waals surface area (Å²) < 4.78 is 10.3. The summed E-state index contributed by atoms with van der Waals surface area (Å²) in [4.78, 5) is 22.5. The SMILES string of the molecule is CCOC(=O)C(CCCCCOc1ccc(Cl)cc1)C(=O)O. The van der Waals surface area contributed by atoms with Gasteiger partial charge in [-0.2, -0.15) is 0 Å². The highest BCUT2D eigenvalue weighted by molar-refractivity contribution is 6.30. The molecule has 0 bridgehead atoms. The van der Waals surface area contributed by atoms with E-state index in [1.54, 1.807) is 31.2 Å². The molecule has 0 heterocycles. The van der Waals surface area contributed by atoms with Crippen molar-refractivity contribution in [2.24, 2.45) is 5.92 Å². The van der Waals surface area contributed by atoms with Crippen molar-refractivity contribution in [1.82, 2.24) is 0 Å². The largest absolute Gasteiger partial charge is 0.494 e. The van der Waals surface area contributed by atoms with Crippen LogP contribution in [0.1, 0.15) is 32.6 Å². The monoisotopic (exact) mass is 328 g/mol. The fourth-order valence-corrected chi connectivity index (χ4v) is 2.06. The van der Waals surface area contributed by atoms with Gasteiger partial charge in [0.1, 0.15) is 5.75 Å². The lowest BCUT2D eigenvalue weighted by molar-refractivity contribution is -0.158. The number of hydrogen-bond donors (Lipinski definition) is 1. The zero-order chi connectivity index (χ0) is 16.4. The van der Waals surface area contributed by atoms with Crippen molar-refractivity contribution in [3.8, 4) is 5.75 Å². The fourth-order valence-electron chi connectivity index (χ4n) is 1.93. The third kappa shape index (κ3) is 6.80. The molecule has 6 heteroatoms. The molecule has 122 valence electrons. The first-order valence-corrected chi connectivity index (χ1v) is 7.70. The quantitative estimate of drug-likeness (QED) is 0.404. The van der Waals surface area contributed by atoms with Crippen molar-refractivity contribution >= 4 is 23.5 Å². The van der Waals surface area contributed by atoms with E-state index in [2.05, 4.69) is 0 Å². The maximum absolute atomic E-state index is 11.5. The van der Waals surface area contributed by atoms with Gasteiger partial charge in [-0.25, -0.2) is 0 Å². The second-order valence-corrected chi connectivity index (χ2v) is 5.23. The topological polar surface area (TPSA) is 72.8 Å². The van der Waals surface area contributed by atoms with Gasteiger partial charge in [0, 0.05) is 5.02 Å². The predicted octanol–water partition coefficient (Wildman–Crippen LogP) is 3.54. The average Bonchev–Trinajstić information content (AvgIpc) is 2.48. The predicted molar refractivity (Wildman–Crippen MR) is 83.2 cm³/mol. The highest BCUT2D eigenvalue weighted by Gasteiger charge is 2.26. The molecule has 1 N–H and O–H groups in total. The molecule has 0 fully saturated rings. The molecular formula is C16H21ClO5. The Hall–Kier alpha value is -1.75. The fraction of sp³-hybridized carbons (Fsp3) is 0.500. The van der Waals surface area contributed by atoms with E-state index >= 15 is 0 Å². The molecule has 1 aromatic carbocycles. The van der Waals surface area contributed by atoms with E-state index < -0.39 is 17.9 Å². The molecule has 0 saturated heterocycles. The van der Waals surface area contributed by atoms with Gasteiger partial charge in [0.15, 0.2) is 5.92 Å². The van der Waals surface area contributed by atoms with Crippen LogP contribution in [0.3, 0.4) is 0 Å². The minimum Gasteiger partial charge on any atom is -0.494 e. The van der Waals surface area contributed by atoms with Crippen LogP contribution in [0, 0.1) is 5.92 Å². The standard InChI is InChI=1S/C16H21ClO5/c1-2-21-16(20)14(15(18)19)6-4-3-5-11-22-13-9-7-12(17)8-10-13/h7-10,14H,2-6,11H2,1H3,(H,18,19). The molecule has 1 unspecified atom stereocenters. The molecule has 0 amide bonds. The smallest absolute Gasteiger partial charge is 0.320 e. The van der Waals surface area contributed by atoms with Crippen molar-refractivity contribution in [3.63, 3.8) is 0 Å². The summed E-state index contributed by atoms with van der Waals surface area (Å²) in [6, 6.07) is 7.11. The van der Waals surface area contributed by atoms with Crippen molar-refractivity contribution in [3.05, 3.63) is 29.3 Å². The van der Waals surface area contributed by atoms with E-state index in [0.29, 0.717) is 18.1 Å². The Kier molecular flexibility index (Phi) is 8.36. The molecule has 0 aliphatic rings. The van der Waals surface area contributed by atoms with Gasteiger partial charge in [-0.3, -0.25) is 9.59 Å². The number of carboxylic acids is 1. The maximum atomic E-state index is 11.5. The molecule has 0 spiro atoms. The first-order chi connectivity index (χ1) is 10.5. The number of aliphatic carboxylic acids is 1. The Bertz CT molecular complexity index is 472. The van der Waals surface area contributed by atoms with Gasteiger partial charge in [-0.05, 0) is 44.0 Å². The molecule has 0 radical (unpaired) electrons. The van der Waals surface area contributed by atoms with Crippen LogP contribution in [-0.2, 0) is 14.3 Å². The summed E-state index contributed by atoms with van der Waals surface area (Å²) in [6.07, 6.45) is 2.50. The number of unbranched alkanes of at least 4 members (excludes halogenated alkanes) is 2. The van der Waals surface area contributed by atoms with Crippen molar-refractivity contribution in [2.75, 3.05) is 13.2 Å². The van der Waals surface area contributed by atoms with E-state index in [1.165, 1.54) is 0 Å². The Labute approximate surface area is 135 Å². The van der Waals surface area contributed by atoms with E-state index in [4.69, 9.17) is 26.2 Å². The van der Waals surface area contributed by atoms with Crippen molar-refractivity contribution < 1.29 is 24.2 Å². The number of carbonyl (C=O) groups excluding carboxylic acids is 1. The van der Waals surface area contributed by atoms with E-state index in [1.807, 2.05) is 0 Å². The summed E-state index contributed by atoms with van der Waals surface area (Å²) >= 11 is 5.78. The van der Waals surface area contributed by atoms with Crippen LogP contribution in [0.5, 0.6) is 5.75 Å². The second kappa shape index (κ2) is 10.1. The summed E-state index contributed by atoms with van der Waals surface area (Å²) in [6.45, 7) is 2.39. The highest BCUT2D eigenvalue weighted by Crippen LogP contribution is 2.16. The zero-order valence-electron chi connectivity index (χ0n) is 12.6. The van der Waals surface area contributed by atoms with E-state index in [0.717, 1.165) is 18.6 Å². The maximum Gasteiger partial charge on any atom is 0.320 e. The molecule has 0 aliphatic heterocycles. The van der Waals surface area contributed by atoms with Crippen LogP contribution in [-0.4, -0.2) is 30.3 Å². The summed E-state index contributed by atoms with van der Waals surface area (Å²) in [5.41, 5.74) is 0. The van der Waals surface area contributed by atoms with Crippen LogP contribution in [0.4, 0.5) is 0 Å². The molecule has 5 nitrogen and oxygen atoms in total. The number of carboxylic acid groups (broad SMARTS) is 1. The highest BCUT2D eigenvalue weighted by atomic mass is 35.5. The molecule has 0 saturated carbocycles. The van der Waals surface area contributed by atoms with Crippen LogP contribution in [0.25, 0.3) is 0 Å². The lowest BCUT2D eigenvalue weighted by Crippen LogP contribution is -2.25. The van der Waals surface area contributed by atoms with Gasteiger partial charge in [0.05, 0.1) is 13.2 Å². The first kappa shape index (κ1) is 18.3. The van der Waals surface area contributed by atoms with Gasteiger partial charge in [-0.15, -0.1) is 0 Å². The summed E-state index contributed by atoms with van der Waals surface area (Å²) in [5.74, 6) is -2.11. The lowest BCUT2D eigenvalue weighted by atomic mass is 10.0. The molecule has 1 atom stereocenters. The Morgan fingerprint density at radius 3 is 2.45 bits per heavy atom. The van der Waals surface area contributed by atoms with Gasteiger partial charge >= 0.3 is 11.9 Å². The molecule has 1 rings (SSSR count). The summed E-state index contributed by atoms with van der Waals surface area (Å²) in [5, 5.41) is 9.67. The third-order valence-corrected chi connectivity index (χ3v) is 3.34. The van der Waals surface area contributed by atoms with Crippen LogP contribution in [0.2, 0.25) is 5.02 Å². The number of halogens is 1. The molecule has 1 aromatic rings. The minimum atomic E-state index is -1.13. The molecule has 0 aromatic heterocycles. The lowest BCUT2D eigenvalue weighted by Gasteiger charge is -2.11. The normalized spacial score (nSPS) is 11.7. The van der Waals surface area contributed by atoms with Crippen LogP contribution < -0.4 is 4.74 Å². The Balaban J connectivity index is 2.19. The van der Waals surface area contributed by atoms with Gasteiger partial charge < -0.3 is 14.6 Å². The van der Waals surface area contributed by atoms with Gasteiger partial charge in [0.2, 0.25) is 0 Å². The number of benzene rings is 1. The minimum absolute atomic E-state index is 0.192. The van der Waals surface area contributed by atoms with Crippen molar-refractivity contribution in [1.29, 1.82) is 0 Å². The second-order valence-electron chi connectivity index (χ2n) is 4.79. The molecule has 0 aliphatic carbocycles. The Morgan fingerprint density at radius 2 is 1.86 bits per heavy atom. The molecule has 22 heavy (non-hydrogen) atoms. The average molecular weight is 329 g/mol.